The summed E-state index contributed by atoms with van der Waals surface area (Å²) in [7, 11) is 0. The molecule has 1 amide bonds. The molecule has 0 saturated carbocycles. The summed E-state index contributed by atoms with van der Waals surface area (Å²) in [5, 5.41) is 4.15. The van der Waals surface area contributed by atoms with Gasteiger partial charge in [0.15, 0.2) is 0 Å². The summed E-state index contributed by atoms with van der Waals surface area (Å²) in [6, 6.07) is 5.38. The Bertz CT molecular complexity index is 782. The van der Waals surface area contributed by atoms with Crippen LogP contribution in [0.5, 0.6) is 0 Å². The van der Waals surface area contributed by atoms with Gasteiger partial charge in [0.1, 0.15) is 0 Å². The second-order valence-corrected chi connectivity index (χ2v) is 7.78. The van der Waals surface area contributed by atoms with Crippen LogP contribution in [-0.4, -0.2) is 46.9 Å². The highest BCUT2D eigenvalue weighted by Crippen LogP contribution is 2.26. The Labute approximate surface area is 161 Å². The van der Waals surface area contributed by atoms with Gasteiger partial charge >= 0.3 is 0 Å². The molecule has 3 rings (SSSR count). The lowest BCUT2D eigenvalue weighted by Gasteiger charge is -2.33. The first kappa shape index (κ1) is 18.4. The second kappa shape index (κ2) is 8.32. The van der Waals surface area contributed by atoms with E-state index in [-0.39, 0.29) is 5.91 Å². The van der Waals surface area contributed by atoms with Gasteiger partial charge in [0, 0.05) is 44.2 Å². The van der Waals surface area contributed by atoms with Crippen LogP contribution < -0.4 is 0 Å². The highest BCUT2D eigenvalue weighted by atomic mass is 35.5. The number of aromatic nitrogens is 1. The number of thiazole rings is 1. The van der Waals surface area contributed by atoms with Gasteiger partial charge in [-0.15, -0.1) is 11.3 Å². The number of hydrogen-bond acceptors (Lipinski definition) is 4. The summed E-state index contributed by atoms with van der Waals surface area (Å²) in [5.74, 6) is 0.000181. The molecule has 1 fully saturated rings. The number of benzene rings is 1. The minimum atomic E-state index is 0.000181. The van der Waals surface area contributed by atoms with Gasteiger partial charge in [-0.2, -0.15) is 0 Å². The van der Waals surface area contributed by atoms with E-state index >= 15 is 0 Å². The number of halogens is 2. The lowest BCUT2D eigenvalue weighted by molar-refractivity contribution is -0.127. The summed E-state index contributed by atoms with van der Waals surface area (Å²) in [4.78, 5) is 21.1. The highest BCUT2D eigenvalue weighted by Gasteiger charge is 2.20. The first-order valence-corrected chi connectivity index (χ1v) is 9.71. The molecule has 0 radical (unpaired) electrons. The van der Waals surface area contributed by atoms with Crippen LogP contribution in [0.2, 0.25) is 10.0 Å². The van der Waals surface area contributed by atoms with Crippen molar-refractivity contribution in [3.05, 3.63) is 56.0 Å². The van der Waals surface area contributed by atoms with Crippen molar-refractivity contribution < 1.29 is 4.79 Å². The lowest BCUT2D eigenvalue weighted by atomic mass is 10.2. The van der Waals surface area contributed by atoms with Gasteiger partial charge < -0.3 is 4.90 Å². The fourth-order valence-electron chi connectivity index (χ4n) is 2.75. The second-order valence-electron chi connectivity index (χ2n) is 5.94. The van der Waals surface area contributed by atoms with Crippen molar-refractivity contribution in [2.75, 3.05) is 26.2 Å². The standard InChI is InChI=1S/C18H19Cl2N3OS/c1-13-21-15(12-25-13)11-22-7-9-23(10-8-22)17(24)6-5-14-3-2-4-16(19)18(14)20/h2-6,12H,7-11H2,1H3. The fourth-order valence-corrected chi connectivity index (χ4v) is 3.73. The largest absolute Gasteiger partial charge is 0.337 e. The maximum Gasteiger partial charge on any atom is 0.246 e. The minimum absolute atomic E-state index is 0.000181. The number of carbonyl (C=O) groups is 1. The van der Waals surface area contributed by atoms with Gasteiger partial charge in [-0.25, -0.2) is 4.98 Å². The van der Waals surface area contributed by atoms with E-state index in [9.17, 15) is 4.79 Å². The van der Waals surface area contributed by atoms with Crippen molar-refractivity contribution in [1.82, 2.24) is 14.8 Å². The maximum absolute atomic E-state index is 12.4. The molecule has 0 aliphatic carbocycles. The van der Waals surface area contributed by atoms with Crippen LogP contribution in [0.25, 0.3) is 6.08 Å². The van der Waals surface area contributed by atoms with E-state index in [0.29, 0.717) is 10.0 Å². The van der Waals surface area contributed by atoms with E-state index in [1.165, 1.54) is 0 Å². The third-order valence-corrected chi connectivity index (χ3v) is 5.78. The van der Waals surface area contributed by atoms with Gasteiger partial charge in [-0.1, -0.05) is 35.3 Å². The monoisotopic (exact) mass is 395 g/mol. The zero-order chi connectivity index (χ0) is 17.8. The first-order valence-electron chi connectivity index (χ1n) is 8.07. The van der Waals surface area contributed by atoms with Gasteiger partial charge in [0.05, 0.1) is 20.7 Å². The molecule has 0 unspecified atom stereocenters. The van der Waals surface area contributed by atoms with E-state index in [1.807, 2.05) is 24.0 Å². The van der Waals surface area contributed by atoms with Crippen molar-refractivity contribution in [1.29, 1.82) is 0 Å². The molecule has 1 aromatic carbocycles. The predicted octanol–water partition coefficient (Wildman–Crippen LogP) is 4.12. The molecular formula is C18H19Cl2N3OS. The van der Waals surface area contributed by atoms with Gasteiger partial charge in [-0.05, 0) is 24.6 Å². The molecule has 0 spiro atoms. The topological polar surface area (TPSA) is 36.4 Å². The number of aryl methyl sites for hydroxylation is 1. The van der Waals surface area contributed by atoms with E-state index < -0.39 is 0 Å². The molecule has 0 N–H and O–H groups in total. The Kier molecular flexibility index (Phi) is 6.12. The Balaban J connectivity index is 1.53. The molecule has 1 aliphatic heterocycles. The summed E-state index contributed by atoms with van der Waals surface area (Å²) in [6.07, 6.45) is 3.29. The molecule has 2 aromatic rings. The van der Waals surface area contributed by atoms with Crippen LogP contribution in [0, 0.1) is 6.92 Å². The zero-order valence-electron chi connectivity index (χ0n) is 13.9. The summed E-state index contributed by atoms with van der Waals surface area (Å²) >= 11 is 13.8. The van der Waals surface area contributed by atoms with Crippen molar-refractivity contribution in [3.63, 3.8) is 0 Å². The van der Waals surface area contributed by atoms with E-state index in [4.69, 9.17) is 23.2 Å². The molecule has 2 heterocycles. The molecular weight excluding hydrogens is 377 g/mol. The lowest BCUT2D eigenvalue weighted by Crippen LogP contribution is -2.47. The third-order valence-electron chi connectivity index (χ3n) is 4.12. The van der Waals surface area contributed by atoms with Gasteiger partial charge in [0.2, 0.25) is 5.91 Å². The Hall–Kier alpha value is -1.40. The third kappa shape index (κ3) is 4.82. The van der Waals surface area contributed by atoms with Crippen molar-refractivity contribution in [2.45, 2.75) is 13.5 Å². The predicted molar refractivity (Wildman–Crippen MR) is 104 cm³/mol. The number of carbonyl (C=O) groups excluding carboxylic acids is 1. The van der Waals surface area contributed by atoms with Crippen LogP contribution in [-0.2, 0) is 11.3 Å². The Morgan fingerprint density at radius 2 is 2.04 bits per heavy atom. The molecule has 1 aliphatic rings. The zero-order valence-corrected chi connectivity index (χ0v) is 16.2. The number of hydrogen-bond donors (Lipinski definition) is 0. The number of rotatable bonds is 4. The minimum Gasteiger partial charge on any atom is -0.337 e. The molecule has 4 nitrogen and oxygen atoms in total. The van der Waals surface area contributed by atoms with Crippen LogP contribution in [0.15, 0.2) is 29.7 Å². The quantitative estimate of drug-likeness (QED) is 0.730. The van der Waals surface area contributed by atoms with Crippen LogP contribution in [0.3, 0.4) is 0 Å². The average molecular weight is 396 g/mol. The van der Waals surface area contributed by atoms with Crippen molar-refractivity contribution in [3.8, 4) is 0 Å². The van der Waals surface area contributed by atoms with Gasteiger partial charge in [0.25, 0.3) is 0 Å². The van der Waals surface area contributed by atoms with E-state index in [2.05, 4.69) is 15.3 Å². The van der Waals surface area contributed by atoms with Crippen molar-refractivity contribution in [2.24, 2.45) is 0 Å². The van der Waals surface area contributed by atoms with Crippen molar-refractivity contribution >= 4 is 46.5 Å². The summed E-state index contributed by atoms with van der Waals surface area (Å²) < 4.78 is 0. The average Bonchev–Trinajstić information content (AvgIpc) is 3.01. The maximum atomic E-state index is 12.4. The Morgan fingerprint density at radius 1 is 1.28 bits per heavy atom. The van der Waals surface area contributed by atoms with Crippen LogP contribution >= 0.6 is 34.5 Å². The van der Waals surface area contributed by atoms with Crippen LogP contribution in [0.4, 0.5) is 0 Å². The highest BCUT2D eigenvalue weighted by molar-refractivity contribution is 7.09. The molecule has 0 atom stereocenters. The van der Waals surface area contributed by atoms with E-state index in [0.717, 1.165) is 49.0 Å². The Morgan fingerprint density at radius 3 is 2.72 bits per heavy atom. The SMILES string of the molecule is Cc1nc(CN2CCN(C(=O)C=Cc3cccc(Cl)c3Cl)CC2)cs1. The number of amides is 1. The number of nitrogens with zero attached hydrogens (tertiary/aromatic N) is 3. The van der Waals surface area contributed by atoms with E-state index in [1.54, 1.807) is 29.6 Å². The summed E-state index contributed by atoms with van der Waals surface area (Å²) in [6.45, 7) is 6.01. The van der Waals surface area contributed by atoms with Gasteiger partial charge in [-0.3, -0.25) is 9.69 Å². The smallest absolute Gasteiger partial charge is 0.246 e. The summed E-state index contributed by atoms with van der Waals surface area (Å²) in [5.41, 5.74) is 1.86. The molecule has 1 aromatic heterocycles. The molecule has 25 heavy (non-hydrogen) atoms. The van der Waals surface area contributed by atoms with Crippen LogP contribution in [0.1, 0.15) is 16.3 Å². The first-order chi connectivity index (χ1) is 12.0. The normalized spacial score (nSPS) is 15.9. The molecule has 1 saturated heterocycles. The molecule has 0 bridgehead atoms. The molecule has 7 heteroatoms. The fraction of sp³-hybridized carbons (Fsp3) is 0.333. The number of piperazine rings is 1. The molecule has 132 valence electrons.